The Labute approximate surface area is 134 Å². The summed E-state index contributed by atoms with van der Waals surface area (Å²) in [6, 6.07) is 3.92. The fourth-order valence-electron chi connectivity index (χ4n) is 5.28. The topological polar surface area (TPSA) is 59.0 Å². The third-order valence-corrected chi connectivity index (χ3v) is 6.34. The van der Waals surface area contributed by atoms with Crippen molar-refractivity contribution in [2.75, 3.05) is 20.7 Å². The Bertz CT molecular complexity index is 773. The highest BCUT2D eigenvalue weighted by Gasteiger charge is 2.71. The zero-order chi connectivity index (χ0) is 16.0. The van der Waals surface area contributed by atoms with Crippen LogP contribution in [0, 0.1) is 0 Å². The lowest BCUT2D eigenvalue weighted by Gasteiger charge is -2.60. The molecule has 1 aromatic rings. The summed E-state index contributed by atoms with van der Waals surface area (Å²) in [7, 11) is 3.65. The van der Waals surface area contributed by atoms with Gasteiger partial charge >= 0.3 is 0 Å². The van der Waals surface area contributed by atoms with Crippen LogP contribution in [0.3, 0.4) is 0 Å². The van der Waals surface area contributed by atoms with Crippen molar-refractivity contribution in [3.05, 3.63) is 35.4 Å². The Morgan fingerprint density at radius 2 is 2.26 bits per heavy atom. The van der Waals surface area contributed by atoms with Crippen LogP contribution in [0.1, 0.15) is 17.5 Å². The number of hydrogen-bond acceptors (Lipinski definition) is 5. The number of benzene rings is 1. The molecule has 1 fully saturated rings. The van der Waals surface area contributed by atoms with Gasteiger partial charge in [0.25, 0.3) is 0 Å². The third kappa shape index (κ3) is 1.28. The highest BCUT2D eigenvalue weighted by atomic mass is 16.5. The van der Waals surface area contributed by atoms with Crippen LogP contribution in [-0.2, 0) is 16.6 Å². The minimum absolute atomic E-state index is 0.0430. The number of piperidine rings is 1. The summed E-state index contributed by atoms with van der Waals surface area (Å²) in [5, 5.41) is 11.7. The van der Waals surface area contributed by atoms with Gasteiger partial charge in [-0.15, -0.1) is 0 Å². The number of carbonyl (C=O) groups is 1. The van der Waals surface area contributed by atoms with Crippen molar-refractivity contribution in [2.45, 2.75) is 36.0 Å². The van der Waals surface area contributed by atoms with E-state index in [1.54, 1.807) is 13.2 Å². The first-order chi connectivity index (χ1) is 11.0. The van der Waals surface area contributed by atoms with Gasteiger partial charge in [0.05, 0.1) is 12.5 Å². The van der Waals surface area contributed by atoms with E-state index in [4.69, 9.17) is 9.47 Å². The van der Waals surface area contributed by atoms with E-state index in [-0.39, 0.29) is 11.8 Å². The average molecular weight is 313 g/mol. The van der Waals surface area contributed by atoms with Crippen LogP contribution < -0.4 is 9.47 Å². The molecule has 0 amide bonds. The van der Waals surface area contributed by atoms with Crippen LogP contribution in [-0.4, -0.2) is 54.2 Å². The van der Waals surface area contributed by atoms with Crippen molar-refractivity contribution in [3.8, 4) is 11.5 Å². The second kappa shape index (κ2) is 3.97. The van der Waals surface area contributed by atoms with E-state index < -0.39 is 17.1 Å². The molecule has 4 atom stereocenters. The standard InChI is InChI=1S/C18H19NO4/c1-19-8-7-17-14-10-3-4-12(22-2)15(14)23-16(17)11(20)5-6-18(17,21)13(19)9-10/h3-6,13,16,21H,7-9H2,1-2H3. The van der Waals surface area contributed by atoms with Gasteiger partial charge in [0.2, 0.25) is 0 Å². The minimum Gasteiger partial charge on any atom is -0.493 e. The van der Waals surface area contributed by atoms with Crippen LogP contribution in [0.15, 0.2) is 24.3 Å². The number of likely N-dealkylation sites (tertiary alicyclic amines) is 1. The van der Waals surface area contributed by atoms with Crippen molar-refractivity contribution in [1.82, 2.24) is 4.90 Å². The Hall–Kier alpha value is -1.85. The van der Waals surface area contributed by atoms with Gasteiger partial charge in [-0.1, -0.05) is 6.07 Å². The molecule has 1 aromatic carbocycles. The van der Waals surface area contributed by atoms with Gasteiger partial charge in [-0.25, -0.2) is 0 Å². The normalized spacial score (nSPS) is 39.9. The Kier molecular flexibility index (Phi) is 2.34. The summed E-state index contributed by atoms with van der Waals surface area (Å²) in [5.74, 6) is 1.22. The van der Waals surface area contributed by atoms with E-state index in [9.17, 15) is 9.90 Å². The smallest absolute Gasteiger partial charge is 0.196 e. The molecular weight excluding hydrogens is 294 g/mol. The lowest BCUT2D eigenvalue weighted by atomic mass is 9.51. The SMILES string of the molecule is COc1ccc2c3c1OC1C(=O)C=CC4(O)C(C2)N(C)CCC314. The minimum atomic E-state index is -1.08. The number of likely N-dealkylation sites (N-methyl/N-ethyl adjacent to an activating group) is 1. The van der Waals surface area contributed by atoms with Crippen LogP contribution in [0.5, 0.6) is 11.5 Å². The van der Waals surface area contributed by atoms with Gasteiger partial charge in [0.1, 0.15) is 5.60 Å². The molecule has 0 saturated carbocycles. The Morgan fingerprint density at radius 3 is 3.04 bits per heavy atom. The van der Waals surface area contributed by atoms with Gasteiger partial charge in [-0.2, -0.15) is 0 Å². The molecule has 0 radical (unpaired) electrons. The van der Waals surface area contributed by atoms with E-state index in [0.717, 1.165) is 24.1 Å². The number of rotatable bonds is 1. The van der Waals surface area contributed by atoms with Crippen molar-refractivity contribution in [3.63, 3.8) is 0 Å². The number of carbonyl (C=O) groups excluding carboxylic acids is 1. The van der Waals surface area contributed by atoms with Crippen LogP contribution in [0.4, 0.5) is 0 Å². The predicted molar refractivity (Wildman–Crippen MR) is 82.9 cm³/mol. The second-order valence-corrected chi connectivity index (χ2v) is 7.11. The summed E-state index contributed by atoms with van der Waals surface area (Å²) < 4.78 is 11.6. The molecule has 0 aromatic heterocycles. The van der Waals surface area contributed by atoms with Gasteiger partial charge in [-0.3, -0.25) is 9.69 Å². The predicted octanol–water partition coefficient (Wildman–Crippen LogP) is 0.824. The summed E-state index contributed by atoms with van der Waals surface area (Å²) >= 11 is 0. The molecule has 1 saturated heterocycles. The van der Waals surface area contributed by atoms with Crippen molar-refractivity contribution in [2.24, 2.45) is 0 Å². The quantitative estimate of drug-likeness (QED) is 0.832. The first kappa shape index (κ1) is 13.6. The number of nitrogens with zero attached hydrogens (tertiary/aromatic N) is 1. The van der Waals surface area contributed by atoms with Crippen molar-refractivity contribution in [1.29, 1.82) is 0 Å². The molecule has 1 N–H and O–H groups in total. The Morgan fingerprint density at radius 1 is 1.43 bits per heavy atom. The first-order valence-electron chi connectivity index (χ1n) is 8.05. The maximum absolute atomic E-state index is 12.6. The van der Waals surface area contributed by atoms with Crippen LogP contribution >= 0.6 is 0 Å². The average Bonchev–Trinajstić information content (AvgIpc) is 2.90. The highest BCUT2D eigenvalue weighted by molar-refractivity contribution is 5.99. The molecular formula is C18H19NO4. The molecule has 2 aliphatic heterocycles. The zero-order valence-corrected chi connectivity index (χ0v) is 13.2. The third-order valence-electron chi connectivity index (χ3n) is 6.34. The van der Waals surface area contributed by atoms with Crippen molar-refractivity contribution < 1.29 is 19.4 Å². The molecule has 23 heavy (non-hydrogen) atoms. The van der Waals surface area contributed by atoms with Crippen LogP contribution in [0.2, 0.25) is 0 Å². The van der Waals surface area contributed by atoms with Crippen LogP contribution in [0.25, 0.3) is 0 Å². The summed E-state index contributed by atoms with van der Waals surface area (Å²) in [6.45, 7) is 0.837. The number of ketones is 1. The van der Waals surface area contributed by atoms with E-state index in [1.807, 2.05) is 13.1 Å². The number of methoxy groups -OCH3 is 1. The zero-order valence-electron chi connectivity index (χ0n) is 13.2. The number of hydrogen-bond donors (Lipinski definition) is 1. The molecule has 1 spiro atoms. The first-order valence-corrected chi connectivity index (χ1v) is 8.05. The maximum atomic E-state index is 12.6. The summed E-state index contributed by atoms with van der Waals surface area (Å²) in [6.07, 6.45) is 4.00. The monoisotopic (exact) mass is 313 g/mol. The number of aliphatic hydroxyl groups is 1. The van der Waals surface area contributed by atoms with E-state index in [1.165, 1.54) is 6.08 Å². The largest absolute Gasteiger partial charge is 0.493 e. The second-order valence-electron chi connectivity index (χ2n) is 7.11. The van der Waals surface area contributed by atoms with Gasteiger partial charge in [-0.05, 0) is 50.2 Å². The number of ether oxygens (including phenoxy) is 2. The molecule has 4 aliphatic rings. The van der Waals surface area contributed by atoms with E-state index >= 15 is 0 Å². The highest BCUT2D eigenvalue weighted by Crippen LogP contribution is 2.63. The molecule has 5 rings (SSSR count). The van der Waals surface area contributed by atoms with Gasteiger partial charge in [0, 0.05) is 11.6 Å². The maximum Gasteiger partial charge on any atom is 0.196 e. The van der Waals surface area contributed by atoms with Gasteiger partial charge < -0.3 is 14.6 Å². The lowest BCUT2D eigenvalue weighted by molar-refractivity contribution is -0.151. The summed E-state index contributed by atoms with van der Waals surface area (Å²) in [4.78, 5) is 14.8. The molecule has 2 heterocycles. The molecule has 5 nitrogen and oxygen atoms in total. The fourth-order valence-corrected chi connectivity index (χ4v) is 5.28. The molecule has 2 bridgehead atoms. The molecule has 2 aliphatic carbocycles. The Balaban J connectivity index is 1.89. The van der Waals surface area contributed by atoms with Gasteiger partial charge in [0.15, 0.2) is 23.4 Å². The molecule has 4 unspecified atom stereocenters. The fraction of sp³-hybridized carbons (Fsp3) is 0.500. The van der Waals surface area contributed by atoms with E-state index in [2.05, 4.69) is 11.0 Å². The lowest BCUT2D eigenvalue weighted by Crippen LogP contribution is -2.74. The molecule has 120 valence electrons. The molecule has 5 heteroatoms. The van der Waals surface area contributed by atoms with E-state index in [0.29, 0.717) is 17.9 Å². The summed E-state index contributed by atoms with van der Waals surface area (Å²) in [5.41, 5.74) is 0.385. The van der Waals surface area contributed by atoms with Crippen molar-refractivity contribution >= 4 is 5.78 Å².